The Kier molecular flexibility index (Phi) is 5.27. The number of nitrogens with zero attached hydrogens (tertiary/aromatic N) is 1. The molecule has 2 rings (SSSR count). The third-order valence-electron chi connectivity index (χ3n) is 3.38. The van der Waals surface area contributed by atoms with E-state index in [4.69, 9.17) is 14.6 Å². The van der Waals surface area contributed by atoms with Crippen LogP contribution in [-0.2, 0) is 4.74 Å². The Balaban J connectivity index is 2.08. The number of hydrogen-bond donors (Lipinski definition) is 4. The van der Waals surface area contributed by atoms with Gasteiger partial charge in [0.05, 0.1) is 13.7 Å². The number of methoxy groups -OCH3 is 1. The zero-order valence-electron chi connectivity index (χ0n) is 11.5. The van der Waals surface area contributed by atoms with E-state index in [-0.39, 0.29) is 0 Å². The molecule has 0 aliphatic carbocycles. The van der Waals surface area contributed by atoms with Crippen LogP contribution in [0.2, 0.25) is 0 Å². The van der Waals surface area contributed by atoms with Crippen molar-refractivity contribution >= 4 is 6.21 Å². The fourth-order valence-electron chi connectivity index (χ4n) is 2.11. The molecule has 0 amide bonds. The average Bonchev–Trinajstić information content (AvgIpc) is 2.51. The van der Waals surface area contributed by atoms with Gasteiger partial charge in [-0.15, -0.1) is 0 Å². The molecule has 1 fully saturated rings. The van der Waals surface area contributed by atoms with Gasteiger partial charge in [0.15, 0.2) is 6.29 Å². The van der Waals surface area contributed by atoms with Gasteiger partial charge in [-0.1, -0.05) is 0 Å². The lowest BCUT2D eigenvalue weighted by Gasteiger charge is -2.38. The topological polar surface area (TPSA) is 112 Å². The number of rotatable bonds is 4. The first-order valence-electron chi connectivity index (χ1n) is 6.54. The monoisotopic (exact) mass is 297 g/mol. The molecule has 1 aliphatic rings. The van der Waals surface area contributed by atoms with Gasteiger partial charge in [0, 0.05) is 6.21 Å². The highest BCUT2D eigenvalue weighted by Gasteiger charge is 2.43. The number of benzene rings is 1. The first-order valence-corrected chi connectivity index (χ1v) is 6.54. The Morgan fingerprint density at radius 2 is 1.86 bits per heavy atom. The van der Waals surface area contributed by atoms with E-state index in [1.165, 1.54) is 6.21 Å². The van der Waals surface area contributed by atoms with Crippen LogP contribution in [0.4, 0.5) is 0 Å². The van der Waals surface area contributed by atoms with E-state index in [2.05, 4.69) is 4.99 Å². The molecule has 0 spiro atoms. The van der Waals surface area contributed by atoms with Crippen molar-refractivity contribution in [1.29, 1.82) is 0 Å². The quantitative estimate of drug-likeness (QED) is 0.526. The summed E-state index contributed by atoms with van der Waals surface area (Å²) in [4.78, 5) is 4.06. The van der Waals surface area contributed by atoms with E-state index in [0.717, 1.165) is 5.56 Å². The largest absolute Gasteiger partial charge is 0.497 e. The van der Waals surface area contributed by atoms with Gasteiger partial charge < -0.3 is 29.9 Å². The number of hydrogen-bond acceptors (Lipinski definition) is 7. The van der Waals surface area contributed by atoms with Crippen LogP contribution in [0.15, 0.2) is 29.3 Å². The molecule has 0 saturated carbocycles. The highest BCUT2D eigenvalue weighted by atomic mass is 16.6. The second kappa shape index (κ2) is 6.97. The predicted molar refractivity (Wildman–Crippen MR) is 74.4 cm³/mol. The summed E-state index contributed by atoms with van der Waals surface area (Å²) in [6.07, 6.45) is -3.58. The molecule has 1 unspecified atom stereocenters. The van der Waals surface area contributed by atoms with Crippen molar-refractivity contribution in [3.63, 3.8) is 0 Å². The van der Waals surface area contributed by atoms with Crippen molar-refractivity contribution in [3.05, 3.63) is 29.8 Å². The summed E-state index contributed by atoms with van der Waals surface area (Å²) >= 11 is 0. The maximum atomic E-state index is 9.93. The lowest BCUT2D eigenvalue weighted by Crippen LogP contribution is -2.57. The molecule has 21 heavy (non-hydrogen) atoms. The minimum Gasteiger partial charge on any atom is -0.497 e. The van der Waals surface area contributed by atoms with E-state index in [1.807, 2.05) is 0 Å². The van der Waals surface area contributed by atoms with Crippen LogP contribution in [0.3, 0.4) is 0 Å². The second-order valence-corrected chi connectivity index (χ2v) is 4.77. The van der Waals surface area contributed by atoms with Gasteiger partial charge in [-0.2, -0.15) is 0 Å². The van der Waals surface area contributed by atoms with Crippen molar-refractivity contribution in [2.24, 2.45) is 4.99 Å². The molecule has 4 N–H and O–H groups in total. The van der Waals surface area contributed by atoms with Gasteiger partial charge >= 0.3 is 0 Å². The van der Waals surface area contributed by atoms with E-state index < -0.39 is 37.3 Å². The summed E-state index contributed by atoms with van der Waals surface area (Å²) in [6, 6.07) is 6.00. The second-order valence-electron chi connectivity index (χ2n) is 4.77. The van der Waals surface area contributed by atoms with E-state index in [1.54, 1.807) is 31.4 Å². The Morgan fingerprint density at radius 3 is 2.43 bits per heavy atom. The number of aliphatic hydroxyl groups is 4. The molecule has 0 aromatic heterocycles. The van der Waals surface area contributed by atoms with Crippen LogP contribution in [-0.4, -0.2) is 71.0 Å². The van der Waals surface area contributed by atoms with Gasteiger partial charge in [-0.25, -0.2) is 0 Å². The molecule has 1 heterocycles. The highest BCUT2D eigenvalue weighted by Crippen LogP contribution is 2.22. The lowest BCUT2D eigenvalue weighted by molar-refractivity contribution is -0.248. The standard InChI is InChI=1S/C14H19NO6/c1-20-9-4-2-8(3-5-9)6-15-11-13(18)12(17)10(7-16)21-14(11)19/h2-6,10-14,16-19H,7H2,1H3/b15-6+/t10-,11-,12-,13-,14?/m1/s1. The normalized spacial score (nSPS) is 33.3. The average molecular weight is 297 g/mol. The summed E-state index contributed by atoms with van der Waals surface area (Å²) in [6.45, 7) is -0.496. The summed E-state index contributed by atoms with van der Waals surface area (Å²) in [5.41, 5.74) is 0.744. The molecule has 1 aromatic carbocycles. The number of ether oxygens (including phenoxy) is 2. The first-order chi connectivity index (χ1) is 10.1. The molecule has 116 valence electrons. The molecule has 0 bridgehead atoms. The van der Waals surface area contributed by atoms with Crippen molar-refractivity contribution in [1.82, 2.24) is 0 Å². The van der Waals surface area contributed by atoms with Crippen LogP contribution in [0, 0.1) is 0 Å². The van der Waals surface area contributed by atoms with Gasteiger partial charge in [0.2, 0.25) is 0 Å². The highest BCUT2D eigenvalue weighted by molar-refractivity contribution is 5.79. The smallest absolute Gasteiger partial charge is 0.180 e. The van der Waals surface area contributed by atoms with E-state index in [9.17, 15) is 15.3 Å². The number of aliphatic imine (C=N–C) groups is 1. The molecular formula is C14H19NO6. The zero-order valence-corrected chi connectivity index (χ0v) is 11.5. The molecule has 1 aliphatic heterocycles. The van der Waals surface area contributed by atoms with Crippen LogP contribution in [0.1, 0.15) is 5.56 Å². The Bertz CT molecular complexity index is 477. The SMILES string of the molecule is COc1ccc(/C=N/[C@H]2C(O)O[C@H](CO)[C@@H](O)[C@@H]2O)cc1. The van der Waals surface area contributed by atoms with Crippen LogP contribution >= 0.6 is 0 Å². The summed E-state index contributed by atoms with van der Waals surface area (Å²) in [5, 5.41) is 38.5. The lowest BCUT2D eigenvalue weighted by atomic mass is 9.97. The summed E-state index contributed by atoms with van der Waals surface area (Å²) in [7, 11) is 1.56. The van der Waals surface area contributed by atoms with Crippen LogP contribution < -0.4 is 4.74 Å². The maximum Gasteiger partial charge on any atom is 0.180 e. The Hall–Kier alpha value is -1.51. The molecular weight excluding hydrogens is 278 g/mol. The third-order valence-corrected chi connectivity index (χ3v) is 3.38. The molecule has 7 nitrogen and oxygen atoms in total. The van der Waals surface area contributed by atoms with E-state index >= 15 is 0 Å². The third kappa shape index (κ3) is 3.58. The summed E-state index contributed by atoms with van der Waals surface area (Å²) in [5.74, 6) is 0.703. The van der Waals surface area contributed by atoms with Gasteiger partial charge in [0.25, 0.3) is 0 Å². The Labute approximate surface area is 122 Å². The molecule has 1 saturated heterocycles. The minimum atomic E-state index is -1.39. The van der Waals surface area contributed by atoms with Gasteiger partial charge in [-0.05, 0) is 29.8 Å². The minimum absolute atomic E-state index is 0.496. The molecule has 1 aromatic rings. The predicted octanol–water partition coefficient (Wildman–Crippen LogP) is -1.09. The fourth-order valence-corrected chi connectivity index (χ4v) is 2.11. The number of aliphatic hydroxyl groups excluding tert-OH is 4. The van der Waals surface area contributed by atoms with Crippen LogP contribution in [0.25, 0.3) is 0 Å². The van der Waals surface area contributed by atoms with Gasteiger partial charge in [0.1, 0.15) is 30.1 Å². The van der Waals surface area contributed by atoms with Crippen molar-refractivity contribution in [2.75, 3.05) is 13.7 Å². The zero-order chi connectivity index (χ0) is 15.4. The molecule has 7 heteroatoms. The van der Waals surface area contributed by atoms with Crippen molar-refractivity contribution < 1.29 is 29.9 Å². The van der Waals surface area contributed by atoms with E-state index in [0.29, 0.717) is 5.75 Å². The van der Waals surface area contributed by atoms with Crippen LogP contribution in [0.5, 0.6) is 5.75 Å². The van der Waals surface area contributed by atoms with Crippen molar-refractivity contribution in [3.8, 4) is 5.75 Å². The first kappa shape index (κ1) is 15.9. The Morgan fingerprint density at radius 1 is 1.19 bits per heavy atom. The summed E-state index contributed by atoms with van der Waals surface area (Å²) < 4.78 is 10.1. The fraction of sp³-hybridized carbons (Fsp3) is 0.500. The van der Waals surface area contributed by atoms with Gasteiger partial charge in [-0.3, -0.25) is 4.99 Å². The molecule has 0 radical (unpaired) electrons. The van der Waals surface area contributed by atoms with Crippen molar-refractivity contribution in [2.45, 2.75) is 30.6 Å². The molecule has 5 atom stereocenters. The maximum absolute atomic E-state index is 9.93.